The fourth-order valence-corrected chi connectivity index (χ4v) is 7.58. The fourth-order valence-electron chi connectivity index (χ4n) is 7.23. The molecule has 0 saturated heterocycles. The van der Waals surface area contributed by atoms with Crippen molar-refractivity contribution in [2.75, 3.05) is 11.9 Å². The van der Waals surface area contributed by atoms with Gasteiger partial charge >= 0.3 is 0 Å². The Morgan fingerprint density at radius 1 is 0.739 bits per heavy atom. The molecule has 0 radical (unpaired) electrons. The summed E-state index contributed by atoms with van der Waals surface area (Å²) in [5.41, 5.74) is 12.4. The van der Waals surface area contributed by atoms with Crippen molar-refractivity contribution in [3.63, 3.8) is 0 Å². The molecule has 0 saturated carbocycles. The molecule has 1 aliphatic rings. The van der Waals surface area contributed by atoms with Crippen LogP contribution in [-0.4, -0.2) is 22.6 Å². The molecule has 0 aromatic heterocycles. The van der Waals surface area contributed by atoms with Crippen LogP contribution in [-0.2, 0) is 14.8 Å². The molecular weight excluding hydrogens is 589 g/mol. The first-order valence-corrected chi connectivity index (χ1v) is 16.7. The van der Waals surface area contributed by atoms with Crippen LogP contribution in [0.5, 0.6) is 0 Å². The highest BCUT2D eigenvalue weighted by Gasteiger charge is 2.41. The minimum atomic E-state index is -0.0932. The molecular formula is C40H41N2O3S+. The Hall–Kier alpha value is -4.20. The topological polar surface area (TPSA) is 44.9 Å². The second kappa shape index (κ2) is 13.7. The minimum Gasteiger partial charge on any atom is -0.310 e. The summed E-state index contributed by atoms with van der Waals surface area (Å²) in [5.74, 6) is 0.293. The average Bonchev–Trinajstić information content (AvgIpc) is 3.37. The van der Waals surface area contributed by atoms with Crippen molar-refractivity contribution in [3.8, 4) is 11.1 Å². The zero-order valence-electron chi connectivity index (χ0n) is 27.1. The number of para-hydroxylation sites is 2. The van der Waals surface area contributed by atoms with Crippen molar-refractivity contribution in [3.05, 3.63) is 138 Å². The van der Waals surface area contributed by atoms with E-state index in [9.17, 15) is 0 Å². The molecule has 5 aromatic carbocycles. The first kappa shape index (κ1) is 31.8. The summed E-state index contributed by atoms with van der Waals surface area (Å²) in [4.78, 5) is 3.19. The van der Waals surface area contributed by atoms with Crippen LogP contribution < -0.4 is 4.90 Å². The molecule has 5 nitrogen and oxygen atoms in total. The van der Waals surface area contributed by atoms with Crippen molar-refractivity contribution >= 4 is 40.5 Å². The van der Waals surface area contributed by atoms with Crippen molar-refractivity contribution in [2.45, 2.75) is 50.8 Å². The van der Waals surface area contributed by atoms with Crippen LogP contribution in [0.25, 0.3) is 11.1 Å². The molecule has 0 aliphatic heterocycles. The zero-order valence-corrected chi connectivity index (χ0v) is 27.9. The van der Waals surface area contributed by atoms with E-state index in [1.807, 2.05) is 12.1 Å². The Morgan fingerprint density at radius 2 is 1.30 bits per heavy atom. The monoisotopic (exact) mass is 629 g/mol. The molecule has 0 bridgehead atoms. The van der Waals surface area contributed by atoms with Gasteiger partial charge in [-0.25, -0.2) is 5.26 Å². The molecule has 0 atom stereocenters. The number of rotatable bonds is 11. The first-order chi connectivity index (χ1) is 22.4. The normalized spacial score (nSPS) is 13.7. The lowest BCUT2D eigenvalue weighted by atomic mass is 9.73. The predicted molar refractivity (Wildman–Crippen MR) is 190 cm³/mol. The molecule has 6 rings (SSSR count). The first-order valence-electron chi connectivity index (χ1n) is 16.0. The van der Waals surface area contributed by atoms with Gasteiger partial charge in [0.25, 0.3) is 0 Å². The smallest absolute Gasteiger partial charge is 0.205 e. The van der Waals surface area contributed by atoms with Gasteiger partial charge in [-0.05, 0) is 95.8 Å². The minimum absolute atomic E-state index is 0.0932. The highest BCUT2D eigenvalue weighted by molar-refractivity contribution is 7.94. The van der Waals surface area contributed by atoms with Gasteiger partial charge in [0.15, 0.2) is 5.71 Å². The van der Waals surface area contributed by atoms with E-state index in [0.717, 1.165) is 46.8 Å². The van der Waals surface area contributed by atoms with Gasteiger partial charge < -0.3 is 4.90 Å². The fraction of sp³-hybridized carbons (Fsp3) is 0.225. The summed E-state index contributed by atoms with van der Waals surface area (Å²) in [6, 6.07) is 43.4. The number of hydrogen-bond acceptors (Lipinski definition) is 5. The van der Waals surface area contributed by atoms with Crippen LogP contribution in [0.4, 0.5) is 22.7 Å². The Labute approximate surface area is 276 Å². The summed E-state index contributed by atoms with van der Waals surface area (Å²) in [5, 5.41) is 12.3. The molecule has 46 heavy (non-hydrogen) atoms. The average molecular weight is 630 g/mol. The van der Waals surface area contributed by atoms with E-state index in [1.165, 1.54) is 39.2 Å². The second-order valence-corrected chi connectivity index (χ2v) is 12.9. The van der Waals surface area contributed by atoms with Gasteiger partial charge in [-0.15, -0.1) is 4.33 Å². The van der Waals surface area contributed by atoms with Gasteiger partial charge in [-0.3, -0.25) is 0 Å². The van der Waals surface area contributed by atoms with Gasteiger partial charge in [-0.2, -0.15) is 4.58 Å². The molecule has 0 amide bonds. The van der Waals surface area contributed by atoms with Crippen LogP contribution in [0.1, 0.15) is 57.2 Å². The molecule has 1 aliphatic carbocycles. The summed E-state index contributed by atoms with van der Waals surface area (Å²) in [6.07, 6.45) is 2.03. The third kappa shape index (κ3) is 5.78. The number of nitrogens with zero attached hydrogens (tertiary/aromatic N) is 2. The molecule has 6 heteroatoms. The van der Waals surface area contributed by atoms with Gasteiger partial charge in [0, 0.05) is 51.0 Å². The van der Waals surface area contributed by atoms with Crippen molar-refractivity contribution in [1.29, 1.82) is 0 Å². The van der Waals surface area contributed by atoms with E-state index in [2.05, 4.69) is 163 Å². The Balaban J connectivity index is 1.45. The SMILES string of the molecule is CCC1(CC)c2cc(C(C(C)C)=[N+](C)c3ccc(SOOO)cc3)ccc2-c2ccc(N(c3ccccc3)c3ccccc3)cc21. The number of fused-ring (bicyclic) bond motifs is 3. The van der Waals surface area contributed by atoms with Crippen LogP contribution >= 0.6 is 12.0 Å². The molecule has 1 N–H and O–H groups in total. The van der Waals surface area contributed by atoms with Gasteiger partial charge in [0.05, 0.1) is 12.0 Å². The standard InChI is InChI=1S/C40H40N2O3S/c1-6-40(7-2)37-26-29(39(28(3)4)41(5)30-19-22-34(23-20-30)46-45-44-43)18-24-35(37)36-25-21-33(27-38(36)40)42(31-14-10-8-11-15-31)32-16-12-9-13-17-32/h8-28H,6-7H2,1-5H3/p+1. The molecule has 0 spiro atoms. The Kier molecular flexibility index (Phi) is 9.43. The Morgan fingerprint density at radius 3 is 1.85 bits per heavy atom. The number of benzene rings is 5. The summed E-state index contributed by atoms with van der Waals surface area (Å²) >= 11 is 0.964. The van der Waals surface area contributed by atoms with Gasteiger partial charge in [0.2, 0.25) is 5.69 Å². The molecule has 0 unspecified atom stereocenters. The number of anilines is 3. The van der Waals surface area contributed by atoms with E-state index in [1.54, 1.807) is 0 Å². The van der Waals surface area contributed by atoms with Gasteiger partial charge in [0.1, 0.15) is 7.05 Å². The van der Waals surface area contributed by atoms with E-state index < -0.39 is 0 Å². The summed E-state index contributed by atoms with van der Waals surface area (Å²) in [6.45, 7) is 9.17. The van der Waals surface area contributed by atoms with Crippen LogP contribution in [0.3, 0.4) is 0 Å². The van der Waals surface area contributed by atoms with Crippen molar-refractivity contribution < 1.29 is 19.2 Å². The number of hydrogen-bond donors (Lipinski definition) is 1. The molecule has 5 aromatic rings. The Bertz CT molecular complexity index is 1790. The highest BCUT2D eigenvalue weighted by Crippen LogP contribution is 2.54. The molecule has 0 heterocycles. The van der Waals surface area contributed by atoms with Gasteiger partial charge in [-0.1, -0.05) is 81.3 Å². The lowest BCUT2D eigenvalue weighted by Crippen LogP contribution is -2.25. The second-order valence-electron chi connectivity index (χ2n) is 12.1. The van der Waals surface area contributed by atoms with E-state index in [4.69, 9.17) is 5.26 Å². The maximum atomic E-state index is 8.50. The maximum Gasteiger partial charge on any atom is 0.205 e. The quantitative estimate of drug-likeness (QED) is 0.0518. The zero-order chi connectivity index (χ0) is 32.3. The largest absolute Gasteiger partial charge is 0.310 e. The van der Waals surface area contributed by atoms with Crippen LogP contribution in [0.2, 0.25) is 0 Å². The summed E-state index contributed by atoms with van der Waals surface area (Å²) < 4.78 is 6.88. The third-order valence-corrected chi connectivity index (χ3v) is 10.0. The van der Waals surface area contributed by atoms with Crippen molar-refractivity contribution in [1.82, 2.24) is 0 Å². The lowest BCUT2D eigenvalue weighted by Gasteiger charge is -2.32. The maximum absolute atomic E-state index is 8.50. The van der Waals surface area contributed by atoms with Crippen LogP contribution in [0, 0.1) is 5.92 Å². The molecule has 234 valence electrons. The van der Waals surface area contributed by atoms with Crippen molar-refractivity contribution in [2.24, 2.45) is 5.92 Å². The molecule has 0 fully saturated rings. The highest BCUT2D eigenvalue weighted by atomic mass is 32.2. The predicted octanol–water partition coefficient (Wildman–Crippen LogP) is 11.1. The summed E-state index contributed by atoms with van der Waals surface area (Å²) in [7, 11) is 2.13. The van der Waals surface area contributed by atoms with Crippen LogP contribution in [0.15, 0.2) is 126 Å². The van der Waals surface area contributed by atoms with E-state index in [-0.39, 0.29) is 5.41 Å². The van der Waals surface area contributed by atoms with E-state index in [0.29, 0.717) is 5.92 Å². The van der Waals surface area contributed by atoms with E-state index >= 15 is 0 Å². The lowest BCUT2D eigenvalue weighted by molar-refractivity contribution is -0.432. The third-order valence-electron chi connectivity index (χ3n) is 9.43.